The molecule has 0 aliphatic heterocycles. The van der Waals surface area contributed by atoms with E-state index in [1.54, 1.807) is 6.92 Å². The van der Waals surface area contributed by atoms with Gasteiger partial charge in [0, 0.05) is 6.92 Å². The average molecular weight is 160 g/mol. The molecule has 0 aromatic carbocycles. The fourth-order valence-electron chi connectivity index (χ4n) is 0.460. The molecule has 4 nitrogen and oxygen atoms in total. The summed E-state index contributed by atoms with van der Waals surface area (Å²) in [5.41, 5.74) is 0. The molecule has 0 spiro atoms. The molecule has 0 aromatic heterocycles. The Labute approximate surface area is 65.1 Å². The molecular weight excluding hydrogens is 148 g/mol. The van der Waals surface area contributed by atoms with E-state index < -0.39 is 17.9 Å². The van der Waals surface area contributed by atoms with Gasteiger partial charge in [0.25, 0.3) is 5.79 Å². The van der Waals surface area contributed by atoms with Crippen LogP contribution in [0.5, 0.6) is 0 Å². The third kappa shape index (κ3) is 3.15. The van der Waals surface area contributed by atoms with Gasteiger partial charge in [0.15, 0.2) is 0 Å². The predicted molar refractivity (Wildman–Crippen MR) is 39.0 cm³/mol. The van der Waals surface area contributed by atoms with E-state index in [0.29, 0.717) is 0 Å². The second kappa shape index (κ2) is 3.50. The van der Waals surface area contributed by atoms with Gasteiger partial charge in [-0.1, -0.05) is 6.08 Å². The Kier molecular flexibility index (Phi) is 3.22. The van der Waals surface area contributed by atoms with Crippen molar-refractivity contribution in [2.75, 3.05) is 0 Å². The third-order valence-electron chi connectivity index (χ3n) is 1.14. The van der Waals surface area contributed by atoms with Crippen molar-refractivity contribution >= 4 is 5.97 Å². The molecule has 0 rings (SSSR count). The minimum absolute atomic E-state index is 0.485. The summed E-state index contributed by atoms with van der Waals surface area (Å²) in [5.74, 6) is -3.54. The predicted octanol–water partition coefficient (Wildman–Crippen LogP) is 0.371. The van der Waals surface area contributed by atoms with Crippen LogP contribution in [0.2, 0.25) is 0 Å². The Balaban J connectivity index is 4.11. The van der Waals surface area contributed by atoms with Crippen LogP contribution in [0.4, 0.5) is 0 Å². The molecule has 0 saturated carbocycles. The van der Waals surface area contributed by atoms with Crippen molar-refractivity contribution in [3.05, 3.63) is 12.7 Å². The van der Waals surface area contributed by atoms with Crippen molar-refractivity contribution in [3.8, 4) is 0 Å². The van der Waals surface area contributed by atoms with E-state index in [2.05, 4.69) is 11.3 Å². The Morgan fingerprint density at radius 2 is 2.27 bits per heavy atom. The smallest absolute Gasteiger partial charge is 0.363 e. The summed E-state index contributed by atoms with van der Waals surface area (Å²) in [7, 11) is 0. The maximum absolute atomic E-state index is 10.3. The number of aliphatic carboxylic acids is 1. The minimum Gasteiger partial charge on any atom is -0.477 e. The van der Waals surface area contributed by atoms with E-state index in [1.807, 2.05) is 0 Å². The van der Waals surface area contributed by atoms with Gasteiger partial charge in [-0.15, -0.1) is 6.58 Å². The Morgan fingerprint density at radius 1 is 1.82 bits per heavy atom. The van der Waals surface area contributed by atoms with E-state index in [4.69, 9.17) is 10.2 Å². The van der Waals surface area contributed by atoms with Gasteiger partial charge in [0.1, 0.15) is 0 Å². The molecule has 0 fully saturated rings. The van der Waals surface area contributed by atoms with Crippen LogP contribution in [0.25, 0.3) is 0 Å². The summed E-state index contributed by atoms with van der Waals surface area (Å²) in [4.78, 5) is 10.3. The molecule has 0 aromatic rings. The van der Waals surface area contributed by atoms with Crippen LogP contribution in [-0.4, -0.2) is 28.1 Å². The van der Waals surface area contributed by atoms with Crippen LogP contribution in [0.1, 0.15) is 13.8 Å². The van der Waals surface area contributed by atoms with Gasteiger partial charge in [0.2, 0.25) is 0 Å². The lowest BCUT2D eigenvalue weighted by Crippen LogP contribution is -2.40. The highest BCUT2D eigenvalue weighted by Gasteiger charge is 2.32. The fraction of sp³-hybridized carbons (Fsp3) is 0.571. The average Bonchev–Trinajstić information content (AvgIpc) is 1.86. The molecule has 0 aliphatic carbocycles. The van der Waals surface area contributed by atoms with Crippen molar-refractivity contribution < 1.29 is 19.7 Å². The molecule has 0 heterocycles. The van der Waals surface area contributed by atoms with Crippen LogP contribution in [-0.2, 0) is 9.53 Å². The maximum Gasteiger partial charge on any atom is 0.363 e. The summed E-state index contributed by atoms with van der Waals surface area (Å²) >= 11 is 0. The number of carboxylic acid groups (broad SMARTS) is 1. The zero-order valence-electron chi connectivity index (χ0n) is 6.57. The van der Waals surface area contributed by atoms with Crippen molar-refractivity contribution in [2.24, 2.45) is 0 Å². The van der Waals surface area contributed by atoms with Crippen molar-refractivity contribution in [3.63, 3.8) is 0 Å². The summed E-state index contributed by atoms with van der Waals surface area (Å²) in [5, 5.41) is 17.4. The number of carbonyl (C=O) groups is 1. The quantitative estimate of drug-likeness (QED) is 0.460. The molecule has 0 radical (unpaired) electrons. The Hall–Kier alpha value is -0.870. The lowest BCUT2D eigenvalue weighted by molar-refractivity contribution is -0.223. The van der Waals surface area contributed by atoms with E-state index in [9.17, 15) is 4.79 Å². The third-order valence-corrected chi connectivity index (χ3v) is 1.14. The number of hydrogen-bond acceptors (Lipinski definition) is 3. The Bertz CT molecular complexity index is 162. The first kappa shape index (κ1) is 10.1. The van der Waals surface area contributed by atoms with Crippen LogP contribution in [0.15, 0.2) is 12.7 Å². The number of carboxylic acids is 1. The highest BCUT2D eigenvalue weighted by Crippen LogP contribution is 2.09. The number of ether oxygens (including phenoxy) is 1. The monoisotopic (exact) mass is 160 g/mol. The molecule has 11 heavy (non-hydrogen) atoms. The van der Waals surface area contributed by atoms with Gasteiger partial charge < -0.3 is 14.9 Å². The molecule has 2 atom stereocenters. The number of hydrogen-bond donors (Lipinski definition) is 2. The van der Waals surface area contributed by atoms with E-state index in [0.717, 1.165) is 6.92 Å². The Morgan fingerprint density at radius 3 is 2.55 bits per heavy atom. The van der Waals surface area contributed by atoms with Gasteiger partial charge in [0.05, 0.1) is 6.10 Å². The first-order chi connectivity index (χ1) is 4.90. The molecule has 2 unspecified atom stereocenters. The lowest BCUT2D eigenvalue weighted by Gasteiger charge is -2.21. The van der Waals surface area contributed by atoms with E-state index in [-0.39, 0.29) is 0 Å². The molecule has 0 saturated heterocycles. The van der Waals surface area contributed by atoms with Gasteiger partial charge in [-0.2, -0.15) is 0 Å². The standard InChI is InChI=1S/C7H12O4/c1-4-5(2)11-7(3,10)6(8)9/h4-5,10H,1H2,2-3H3,(H,8,9). The van der Waals surface area contributed by atoms with Crippen LogP contribution >= 0.6 is 0 Å². The van der Waals surface area contributed by atoms with E-state index >= 15 is 0 Å². The first-order valence-electron chi connectivity index (χ1n) is 3.16. The molecule has 2 N–H and O–H groups in total. The van der Waals surface area contributed by atoms with Crippen LogP contribution < -0.4 is 0 Å². The highest BCUT2D eigenvalue weighted by atomic mass is 16.6. The summed E-state index contributed by atoms with van der Waals surface area (Å²) < 4.78 is 4.69. The van der Waals surface area contributed by atoms with Crippen LogP contribution in [0.3, 0.4) is 0 Å². The van der Waals surface area contributed by atoms with Gasteiger partial charge in [-0.05, 0) is 6.92 Å². The topological polar surface area (TPSA) is 66.8 Å². The normalized spacial score (nSPS) is 18.5. The zero-order valence-corrected chi connectivity index (χ0v) is 6.57. The molecule has 0 amide bonds. The van der Waals surface area contributed by atoms with Crippen LogP contribution in [0, 0.1) is 0 Å². The maximum atomic E-state index is 10.3. The fourth-order valence-corrected chi connectivity index (χ4v) is 0.460. The molecule has 4 heteroatoms. The second-order valence-electron chi connectivity index (χ2n) is 2.35. The molecule has 0 bridgehead atoms. The summed E-state index contributed by atoms with van der Waals surface area (Å²) in [6.45, 7) is 6.03. The zero-order chi connectivity index (χ0) is 9.07. The molecule has 64 valence electrons. The summed E-state index contributed by atoms with van der Waals surface area (Å²) in [6.07, 6.45) is 0.915. The number of aliphatic hydroxyl groups is 1. The largest absolute Gasteiger partial charge is 0.477 e. The molecular formula is C7H12O4. The van der Waals surface area contributed by atoms with Crippen molar-refractivity contribution in [1.82, 2.24) is 0 Å². The van der Waals surface area contributed by atoms with Gasteiger partial charge in [-0.3, -0.25) is 0 Å². The SMILES string of the molecule is C=CC(C)OC(C)(O)C(=O)O. The van der Waals surface area contributed by atoms with Gasteiger partial charge in [-0.25, -0.2) is 4.79 Å². The molecule has 0 aliphatic rings. The lowest BCUT2D eigenvalue weighted by atomic mass is 10.3. The van der Waals surface area contributed by atoms with E-state index in [1.165, 1.54) is 6.08 Å². The van der Waals surface area contributed by atoms with Crippen molar-refractivity contribution in [2.45, 2.75) is 25.7 Å². The second-order valence-corrected chi connectivity index (χ2v) is 2.35. The first-order valence-corrected chi connectivity index (χ1v) is 3.16. The minimum atomic E-state index is -2.13. The summed E-state index contributed by atoms with van der Waals surface area (Å²) in [6, 6.07) is 0. The highest BCUT2D eigenvalue weighted by molar-refractivity contribution is 5.74. The van der Waals surface area contributed by atoms with Crippen molar-refractivity contribution in [1.29, 1.82) is 0 Å². The van der Waals surface area contributed by atoms with Gasteiger partial charge >= 0.3 is 5.97 Å². The number of rotatable bonds is 4.